The third-order valence-corrected chi connectivity index (χ3v) is 2.76. The molecule has 1 saturated heterocycles. The molecule has 18 heavy (non-hydrogen) atoms. The molecule has 1 aliphatic rings. The lowest BCUT2D eigenvalue weighted by Crippen LogP contribution is -2.47. The maximum Gasteiger partial charge on any atom is 0.325 e. The van der Waals surface area contributed by atoms with E-state index in [9.17, 15) is 9.59 Å². The summed E-state index contributed by atoms with van der Waals surface area (Å²) in [4.78, 5) is 24.5. The number of esters is 1. The zero-order chi connectivity index (χ0) is 14.0. The highest BCUT2D eigenvalue weighted by atomic mass is 16.5. The van der Waals surface area contributed by atoms with Gasteiger partial charge in [-0.25, -0.2) is 0 Å². The average molecular weight is 258 g/mol. The second-order valence-electron chi connectivity index (χ2n) is 3.93. The predicted molar refractivity (Wildman–Crippen MR) is 71.3 cm³/mol. The highest BCUT2D eigenvalue weighted by Gasteiger charge is 2.25. The first kappa shape index (κ1) is 16.9. The standard InChI is InChI=1S/C11H20N2O3.C2H6/c1-3-16-11(15)8-13(9(2)14)10-4-6-12-7-5-10;1-2/h10,12H,3-8H2,1-2H3;1-2H3. The molecule has 0 spiro atoms. The lowest BCUT2D eigenvalue weighted by Gasteiger charge is -2.33. The van der Waals surface area contributed by atoms with E-state index in [-0.39, 0.29) is 24.5 Å². The third-order valence-electron chi connectivity index (χ3n) is 2.76. The predicted octanol–water partition coefficient (Wildman–Crippen LogP) is 1.18. The van der Waals surface area contributed by atoms with E-state index in [0.29, 0.717) is 6.61 Å². The van der Waals surface area contributed by atoms with Gasteiger partial charge in [-0.3, -0.25) is 9.59 Å². The van der Waals surface area contributed by atoms with E-state index in [1.165, 1.54) is 6.92 Å². The Balaban J connectivity index is 0.00000137. The monoisotopic (exact) mass is 258 g/mol. The first-order chi connectivity index (χ1) is 8.65. The van der Waals surface area contributed by atoms with Gasteiger partial charge < -0.3 is 15.0 Å². The Morgan fingerprint density at radius 3 is 2.28 bits per heavy atom. The van der Waals surface area contributed by atoms with Crippen LogP contribution in [0.3, 0.4) is 0 Å². The SMILES string of the molecule is CC.CCOC(=O)CN(C(C)=O)C1CCNCC1. The third kappa shape index (κ3) is 6.00. The first-order valence-corrected chi connectivity index (χ1v) is 6.78. The summed E-state index contributed by atoms with van der Waals surface area (Å²) in [7, 11) is 0. The zero-order valence-electron chi connectivity index (χ0n) is 12.0. The molecular formula is C13H26N2O3. The average Bonchev–Trinajstić information content (AvgIpc) is 2.39. The molecule has 0 aliphatic carbocycles. The molecule has 0 saturated carbocycles. The van der Waals surface area contributed by atoms with Crippen molar-refractivity contribution in [3.05, 3.63) is 0 Å². The summed E-state index contributed by atoms with van der Waals surface area (Å²) in [6.07, 6.45) is 1.80. The molecule has 0 atom stereocenters. The molecule has 1 aliphatic heterocycles. The van der Waals surface area contributed by atoms with Gasteiger partial charge in [-0.1, -0.05) is 13.8 Å². The van der Waals surface area contributed by atoms with Crippen molar-refractivity contribution in [2.75, 3.05) is 26.2 Å². The fourth-order valence-corrected chi connectivity index (χ4v) is 1.96. The molecule has 0 unspecified atom stereocenters. The van der Waals surface area contributed by atoms with Gasteiger partial charge in [0.05, 0.1) is 6.61 Å². The van der Waals surface area contributed by atoms with Crippen molar-refractivity contribution in [1.82, 2.24) is 10.2 Å². The van der Waals surface area contributed by atoms with Crippen LogP contribution in [0, 0.1) is 0 Å². The Morgan fingerprint density at radius 2 is 1.83 bits per heavy atom. The number of amides is 1. The van der Waals surface area contributed by atoms with E-state index in [1.54, 1.807) is 11.8 Å². The molecule has 0 aromatic heterocycles. The van der Waals surface area contributed by atoms with E-state index in [0.717, 1.165) is 25.9 Å². The topological polar surface area (TPSA) is 58.6 Å². The van der Waals surface area contributed by atoms with Crippen molar-refractivity contribution in [2.45, 2.75) is 46.6 Å². The second kappa shape index (κ2) is 9.88. The Labute approximate surface area is 110 Å². The van der Waals surface area contributed by atoms with Crippen molar-refractivity contribution in [2.24, 2.45) is 0 Å². The Bertz CT molecular complexity index is 249. The van der Waals surface area contributed by atoms with Gasteiger partial charge in [-0.2, -0.15) is 0 Å². The second-order valence-corrected chi connectivity index (χ2v) is 3.93. The summed E-state index contributed by atoms with van der Waals surface area (Å²) in [6, 6.07) is 0.170. The van der Waals surface area contributed by atoms with Gasteiger partial charge in [0.25, 0.3) is 0 Å². The number of ether oxygens (including phenoxy) is 1. The van der Waals surface area contributed by atoms with Crippen LogP contribution >= 0.6 is 0 Å². The number of carbonyl (C=O) groups excluding carboxylic acids is 2. The number of nitrogens with zero attached hydrogens (tertiary/aromatic N) is 1. The molecule has 1 amide bonds. The Kier molecular flexibility index (Phi) is 9.28. The minimum absolute atomic E-state index is 0.0556. The number of carbonyl (C=O) groups is 2. The largest absolute Gasteiger partial charge is 0.465 e. The van der Waals surface area contributed by atoms with Crippen LogP contribution < -0.4 is 5.32 Å². The summed E-state index contributed by atoms with van der Waals surface area (Å²) in [5.74, 6) is -0.379. The number of rotatable bonds is 4. The molecular weight excluding hydrogens is 232 g/mol. The van der Waals surface area contributed by atoms with Crippen molar-refractivity contribution >= 4 is 11.9 Å². The van der Waals surface area contributed by atoms with Crippen molar-refractivity contribution in [1.29, 1.82) is 0 Å². The van der Waals surface area contributed by atoms with Crippen LogP contribution in [0.25, 0.3) is 0 Å². The smallest absolute Gasteiger partial charge is 0.325 e. The highest BCUT2D eigenvalue weighted by Crippen LogP contribution is 2.12. The molecule has 0 radical (unpaired) electrons. The maximum absolute atomic E-state index is 11.5. The fourth-order valence-electron chi connectivity index (χ4n) is 1.96. The maximum atomic E-state index is 11.5. The Morgan fingerprint density at radius 1 is 1.28 bits per heavy atom. The number of hydrogen-bond donors (Lipinski definition) is 1. The quantitative estimate of drug-likeness (QED) is 0.769. The number of hydrogen-bond acceptors (Lipinski definition) is 4. The van der Waals surface area contributed by atoms with Gasteiger partial charge >= 0.3 is 5.97 Å². The molecule has 106 valence electrons. The van der Waals surface area contributed by atoms with E-state index in [2.05, 4.69) is 5.32 Å². The first-order valence-electron chi connectivity index (χ1n) is 6.78. The van der Waals surface area contributed by atoms with Crippen LogP contribution in [-0.2, 0) is 14.3 Å². The zero-order valence-corrected chi connectivity index (χ0v) is 12.0. The van der Waals surface area contributed by atoms with Crippen LogP contribution in [0.5, 0.6) is 0 Å². The van der Waals surface area contributed by atoms with Crippen LogP contribution in [0.15, 0.2) is 0 Å². The minimum atomic E-state index is -0.323. The summed E-state index contributed by atoms with van der Waals surface area (Å²) in [5, 5.41) is 3.23. The van der Waals surface area contributed by atoms with Crippen LogP contribution in [-0.4, -0.2) is 49.1 Å². The lowest BCUT2D eigenvalue weighted by molar-refractivity contribution is -0.150. The van der Waals surface area contributed by atoms with E-state index < -0.39 is 0 Å². The van der Waals surface area contributed by atoms with Gasteiger partial charge in [0.2, 0.25) is 5.91 Å². The van der Waals surface area contributed by atoms with Gasteiger partial charge in [0.1, 0.15) is 6.54 Å². The summed E-state index contributed by atoms with van der Waals surface area (Å²) in [5.41, 5.74) is 0. The molecule has 5 nitrogen and oxygen atoms in total. The Hall–Kier alpha value is -1.10. The van der Waals surface area contributed by atoms with Gasteiger partial charge in [0, 0.05) is 13.0 Å². The molecule has 0 aromatic carbocycles. The number of nitrogens with one attached hydrogen (secondary N) is 1. The summed E-state index contributed by atoms with van der Waals surface area (Å²) < 4.78 is 4.86. The molecule has 1 fully saturated rings. The fraction of sp³-hybridized carbons (Fsp3) is 0.846. The normalized spacial score (nSPS) is 15.3. The van der Waals surface area contributed by atoms with Crippen molar-refractivity contribution in [3.63, 3.8) is 0 Å². The van der Waals surface area contributed by atoms with Gasteiger partial charge in [0.15, 0.2) is 0 Å². The minimum Gasteiger partial charge on any atom is -0.465 e. The number of piperidine rings is 1. The molecule has 1 heterocycles. The highest BCUT2D eigenvalue weighted by molar-refractivity contribution is 5.80. The van der Waals surface area contributed by atoms with Gasteiger partial charge in [-0.05, 0) is 32.9 Å². The van der Waals surface area contributed by atoms with E-state index >= 15 is 0 Å². The summed E-state index contributed by atoms with van der Waals surface area (Å²) >= 11 is 0. The molecule has 0 aromatic rings. The van der Waals surface area contributed by atoms with Crippen molar-refractivity contribution in [3.8, 4) is 0 Å². The van der Waals surface area contributed by atoms with E-state index in [4.69, 9.17) is 4.74 Å². The van der Waals surface area contributed by atoms with Gasteiger partial charge in [-0.15, -0.1) is 0 Å². The van der Waals surface area contributed by atoms with Crippen LogP contribution in [0.4, 0.5) is 0 Å². The van der Waals surface area contributed by atoms with E-state index in [1.807, 2.05) is 13.8 Å². The molecule has 1 rings (SSSR count). The molecule has 0 bridgehead atoms. The van der Waals surface area contributed by atoms with Crippen LogP contribution in [0.1, 0.15) is 40.5 Å². The lowest BCUT2D eigenvalue weighted by atomic mass is 10.0. The summed E-state index contributed by atoms with van der Waals surface area (Å²) in [6.45, 7) is 9.50. The van der Waals surface area contributed by atoms with Crippen molar-refractivity contribution < 1.29 is 14.3 Å². The molecule has 1 N–H and O–H groups in total. The molecule has 5 heteroatoms. The van der Waals surface area contributed by atoms with Crippen LogP contribution in [0.2, 0.25) is 0 Å².